The molecular formula is C30H46BrN3O4S. The molecule has 7 nitrogen and oxygen atoms in total. The molecule has 1 saturated carbocycles. The van der Waals surface area contributed by atoms with E-state index >= 15 is 0 Å². The van der Waals surface area contributed by atoms with Gasteiger partial charge in [-0.05, 0) is 44.9 Å². The number of hydrogen-bond acceptors (Lipinski definition) is 5. The van der Waals surface area contributed by atoms with E-state index in [1.54, 1.807) is 23.9 Å². The number of hydrogen-bond donors (Lipinski definition) is 1. The number of amides is 3. The Morgan fingerprint density at radius 1 is 1.13 bits per heavy atom. The van der Waals surface area contributed by atoms with Gasteiger partial charge in [-0.1, -0.05) is 54.3 Å². The lowest BCUT2D eigenvalue weighted by molar-refractivity contribution is -0.145. The van der Waals surface area contributed by atoms with Crippen molar-refractivity contribution in [2.75, 3.05) is 32.8 Å². The Bertz CT molecular complexity index is 928. The SMILES string of the molecule is C=CCN(CCC)C(=O)[C@H]1[C@H]2C(=O)N(CCCCCO)C(C(=O)N(CC=C)C3CCCCC3)C23CC(Br)[C@@H]1S3. The van der Waals surface area contributed by atoms with Gasteiger partial charge in [0.2, 0.25) is 17.7 Å². The highest BCUT2D eigenvalue weighted by molar-refractivity contribution is 9.09. The van der Waals surface area contributed by atoms with Crippen molar-refractivity contribution in [3.8, 4) is 0 Å². The highest BCUT2D eigenvalue weighted by Crippen LogP contribution is 2.68. The summed E-state index contributed by atoms with van der Waals surface area (Å²) >= 11 is 5.61. The van der Waals surface area contributed by atoms with E-state index in [4.69, 9.17) is 0 Å². The topological polar surface area (TPSA) is 81.2 Å². The number of alkyl halides is 1. The van der Waals surface area contributed by atoms with Crippen molar-refractivity contribution < 1.29 is 19.5 Å². The Kier molecular flexibility index (Phi) is 10.7. The van der Waals surface area contributed by atoms with E-state index in [0.717, 1.165) is 44.9 Å². The minimum atomic E-state index is -0.621. The van der Waals surface area contributed by atoms with Gasteiger partial charge in [-0.3, -0.25) is 14.4 Å². The number of rotatable bonds is 14. The molecule has 3 amide bonds. The number of halogens is 1. The lowest BCUT2D eigenvalue weighted by Crippen LogP contribution is -2.57. The fourth-order valence-electron chi connectivity index (χ4n) is 7.54. The van der Waals surface area contributed by atoms with Gasteiger partial charge < -0.3 is 19.8 Å². The molecule has 1 N–H and O–H groups in total. The average molecular weight is 625 g/mol. The number of aliphatic hydroxyl groups is 1. The summed E-state index contributed by atoms with van der Waals surface area (Å²) in [6.07, 6.45) is 12.7. The monoisotopic (exact) mass is 623 g/mol. The van der Waals surface area contributed by atoms with E-state index in [1.165, 1.54) is 6.42 Å². The molecule has 3 aliphatic heterocycles. The van der Waals surface area contributed by atoms with E-state index < -0.39 is 22.6 Å². The van der Waals surface area contributed by atoms with E-state index in [2.05, 4.69) is 36.0 Å². The number of fused-ring (bicyclic) bond motifs is 1. The Hall–Kier alpha value is -1.32. The van der Waals surface area contributed by atoms with Crippen molar-refractivity contribution in [2.24, 2.45) is 11.8 Å². The first kappa shape index (κ1) is 30.6. The minimum Gasteiger partial charge on any atom is -0.396 e. The van der Waals surface area contributed by atoms with Gasteiger partial charge in [0, 0.05) is 48.9 Å². The molecule has 39 heavy (non-hydrogen) atoms. The van der Waals surface area contributed by atoms with E-state index in [9.17, 15) is 19.5 Å². The molecule has 4 fully saturated rings. The standard InChI is InChI=1S/C30H46BrN3O4S/c1-4-15-32(16-5-2)27(36)23-24-28(37)34(18-11-8-12-19-35)26(30(24)20-22(31)25(23)39-30)29(38)33(17-6-3)21-13-9-7-10-14-21/h4,6,21-26,35H,1,3,5,7-20H2,2H3/t22?,23-,24-,25-,26?,30?/m0/s1. The average Bonchev–Trinajstić information content (AvgIpc) is 3.52. The third-order valence-corrected chi connectivity index (χ3v) is 12.4. The summed E-state index contributed by atoms with van der Waals surface area (Å²) in [7, 11) is 0. The van der Waals surface area contributed by atoms with Gasteiger partial charge in [0.1, 0.15) is 6.04 Å². The fraction of sp³-hybridized carbons (Fsp3) is 0.767. The number of thioether (sulfide) groups is 1. The van der Waals surface area contributed by atoms with Crippen LogP contribution in [0.15, 0.2) is 25.3 Å². The second-order valence-corrected chi connectivity index (χ2v) is 14.3. The normalized spacial score (nSPS) is 31.8. The van der Waals surface area contributed by atoms with Gasteiger partial charge >= 0.3 is 0 Å². The third-order valence-electron chi connectivity index (χ3n) is 9.14. The lowest BCUT2D eigenvalue weighted by atomic mass is 9.70. The first-order valence-electron chi connectivity index (χ1n) is 14.9. The molecule has 3 heterocycles. The maximum atomic E-state index is 14.6. The Labute approximate surface area is 246 Å². The predicted molar refractivity (Wildman–Crippen MR) is 161 cm³/mol. The molecule has 1 aliphatic carbocycles. The van der Waals surface area contributed by atoms with Gasteiger partial charge in [-0.15, -0.1) is 24.9 Å². The Morgan fingerprint density at radius 2 is 1.85 bits per heavy atom. The van der Waals surface area contributed by atoms with Crippen LogP contribution in [0.4, 0.5) is 0 Å². The first-order chi connectivity index (χ1) is 18.9. The van der Waals surface area contributed by atoms with Gasteiger partial charge in [0.25, 0.3) is 0 Å². The van der Waals surface area contributed by atoms with Crippen LogP contribution < -0.4 is 0 Å². The van der Waals surface area contributed by atoms with Crippen LogP contribution in [0.1, 0.15) is 71.1 Å². The van der Waals surface area contributed by atoms with Gasteiger partial charge in [0.05, 0.1) is 16.6 Å². The van der Waals surface area contributed by atoms with Crippen LogP contribution in [0.2, 0.25) is 0 Å². The van der Waals surface area contributed by atoms with Crippen LogP contribution in [0.5, 0.6) is 0 Å². The summed E-state index contributed by atoms with van der Waals surface area (Å²) < 4.78 is -0.621. The molecule has 0 aromatic rings. The number of likely N-dealkylation sites (tertiary alicyclic amines) is 1. The number of carbonyl (C=O) groups is 3. The van der Waals surface area contributed by atoms with Crippen molar-refractivity contribution >= 4 is 45.4 Å². The third kappa shape index (κ3) is 5.74. The zero-order valence-corrected chi connectivity index (χ0v) is 25.8. The summed E-state index contributed by atoms with van der Waals surface area (Å²) in [6, 6.07) is -0.419. The summed E-state index contributed by atoms with van der Waals surface area (Å²) in [5.41, 5.74) is 0. The number of carbonyl (C=O) groups excluding carboxylic acids is 3. The van der Waals surface area contributed by atoms with Crippen molar-refractivity contribution in [1.82, 2.24) is 14.7 Å². The summed E-state index contributed by atoms with van der Waals surface area (Å²) in [5, 5.41) is 9.26. The Morgan fingerprint density at radius 3 is 2.49 bits per heavy atom. The first-order valence-corrected chi connectivity index (χ1v) is 16.7. The molecule has 0 aromatic carbocycles. The van der Waals surface area contributed by atoms with Crippen molar-refractivity contribution in [3.05, 3.63) is 25.3 Å². The van der Waals surface area contributed by atoms with Crippen LogP contribution in [0.25, 0.3) is 0 Å². The fourth-order valence-corrected chi connectivity index (χ4v) is 11.1. The maximum absolute atomic E-state index is 14.6. The molecule has 6 atom stereocenters. The molecule has 3 saturated heterocycles. The lowest BCUT2D eigenvalue weighted by Gasteiger charge is -2.41. The number of nitrogens with zero attached hydrogens (tertiary/aromatic N) is 3. The maximum Gasteiger partial charge on any atom is 0.247 e. The van der Waals surface area contributed by atoms with E-state index in [-0.39, 0.29) is 40.4 Å². The molecule has 1 spiro atoms. The zero-order chi connectivity index (χ0) is 28.2. The van der Waals surface area contributed by atoms with Crippen molar-refractivity contribution in [2.45, 2.75) is 98.0 Å². The van der Waals surface area contributed by atoms with Crippen LogP contribution >= 0.6 is 27.7 Å². The van der Waals surface area contributed by atoms with E-state index in [1.807, 2.05) is 14.7 Å². The molecule has 4 rings (SSSR count). The number of unbranched alkanes of at least 4 members (excludes halogenated alkanes) is 2. The molecular weight excluding hydrogens is 578 g/mol. The molecule has 0 radical (unpaired) electrons. The van der Waals surface area contributed by atoms with Gasteiger partial charge in [0.15, 0.2) is 0 Å². The van der Waals surface area contributed by atoms with Crippen molar-refractivity contribution in [3.63, 3.8) is 0 Å². The second kappa shape index (κ2) is 13.6. The predicted octanol–water partition coefficient (Wildman–Crippen LogP) is 4.39. The molecule has 3 unspecified atom stereocenters. The van der Waals surface area contributed by atoms with Crippen LogP contribution in [0.3, 0.4) is 0 Å². The summed E-state index contributed by atoms with van der Waals surface area (Å²) in [5.74, 6) is -0.948. The van der Waals surface area contributed by atoms with Crippen LogP contribution in [-0.4, -0.2) is 97.2 Å². The highest BCUT2D eigenvalue weighted by atomic mass is 79.9. The molecule has 218 valence electrons. The Balaban J connectivity index is 1.72. The summed E-state index contributed by atoms with van der Waals surface area (Å²) in [4.78, 5) is 48.7. The zero-order valence-electron chi connectivity index (χ0n) is 23.4. The van der Waals surface area contributed by atoms with Gasteiger partial charge in [-0.2, -0.15) is 0 Å². The van der Waals surface area contributed by atoms with E-state index in [0.29, 0.717) is 39.0 Å². The molecule has 2 bridgehead atoms. The smallest absolute Gasteiger partial charge is 0.247 e. The van der Waals surface area contributed by atoms with Crippen molar-refractivity contribution in [1.29, 1.82) is 0 Å². The largest absolute Gasteiger partial charge is 0.396 e. The van der Waals surface area contributed by atoms with Gasteiger partial charge in [-0.25, -0.2) is 0 Å². The quantitative estimate of drug-likeness (QED) is 0.176. The second-order valence-electron chi connectivity index (χ2n) is 11.6. The minimum absolute atomic E-state index is 0.0159. The molecule has 9 heteroatoms. The molecule has 4 aliphatic rings. The summed E-state index contributed by atoms with van der Waals surface area (Å²) in [6.45, 7) is 12.0. The molecule has 0 aromatic heterocycles. The van der Waals surface area contributed by atoms with Crippen LogP contribution in [0, 0.1) is 11.8 Å². The number of aliphatic hydroxyl groups excluding tert-OH is 1. The van der Waals surface area contributed by atoms with Crippen LogP contribution in [-0.2, 0) is 14.4 Å². The highest BCUT2D eigenvalue weighted by Gasteiger charge is 2.76.